The minimum atomic E-state index is -0.809. The molecule has 1 unspecified atom stereocenters. The Morgan fingerprint density at radius 1 is 0.350 bits per heavy atom. The smallest absolute Gasteiger partial charge is 0.306 e. The Hall–Kier alpha value is -3.67. The quantitative estimate of drug-likeness (QED) is 0.0264. The van der Waals surface area contributed by atoms with Crippen LogP contribution in [0.15, 0.2) is 97.2 Å². The third-order valence-electron chi connectivity index (χ3n) is 10.0. The number of unbranched alkanes of at least 4 members (excludes halogenated alkanes) is 21. The molecule has 1 atom stereocenters. The molecule has 0 amide bonds. The highest BCUT2D eigenvalue weighted by molar-refractivity contribution is 5.71. The summed E-state index contributed by atoms with van der Waals surface area (Å²) in [5.74, 6) is -0.998. The van der Waals surface area contributed by atoms with E-state index in [0.29, 0.717) is 19.3 Å². The molecule has 340 valence electrons. The van der Waals surface area contributed by atoms with E-state index in [2.05, 4.69) is 63.3 Å². The van der Waals surface area contributed by atoms with Gasteiger partial charge in [-0.25, -0.2) is 0 Å². The van der Waals surface area contributed by atoms with Crippen LogP contribution in [0.5, 0.6) is 0 Å². The number of hydrogen-bond donors (Lipinski definition) is 0. The standard InChI is InChI=1S/C54H88O6/c1-4-7-10-13-16-19-22-25-27-30-32-35-38-41-44-47-53(56)59-50-51(49-58-52(55)46-43-40-37-34-31-28-24-21-18-15-12-9-6-3)60-54(57)48-45-42-39-36-33-29-26-23-20-17-14-11-8-5-2/h7,9-10,12-13,15-16,18-19,21-22,24,28,31,34,37,51H,4-6,8,11,14,17,20,23,25-27,29-30,32-33,35-36,38-50H2,1-3H3/b10-7+,12-9+,16-13+,18-15+,22-19+,24-21+,31-28+,37-34+. The fourth-order valence-electron chi connectivity index (χ4n) is 6.41. The van der Waals surface area contributed by atoms with Gasteiger partial charge in [-0.2, -0.15) is 0 Å². The molecular weight excluding hydrogens is 745 g/mol. The zero-order chi connectivity index (χ0) is 43.7. The molecule has 0 saturated heterocycles. The second-order valence-electron chi connectivity index (χ2n) is 15.8. The minimum Gasteiger partial charge on any atom is -0.462 e. The topological polar surface area (TPSA) is 78.9 Å². The van der Waals surface area contributed by atoms with Crippen LogP contribution in [0.2, 0.25) is 0 Å². The first-order valence-corrected chi connectivity index (χ1v) is 24.3. The predicted molar refractivity (Wildman–Crippen MR) is 256 cm³/mol. The first-order chi connectivity index (χ1) is 29.5. The number of esters is 3. The normalized spacial score (nSPS) is 12.9. The summed E-state index contributed by atoms with van der Waals surface area (Å²) in [4.78, 5) is 37.9. The lowest BCUT2D eigenvalue weighted by molar-refractivity contribution is -0.167. The summed E-state index contributed by atoms with van der Waals surface area (Å²) in [7, 11) is 0. The van der Waals surface area contributed by atoms with Gasteiger partial charge >= 0.3 is 17.9 Å². The Morgan fingerprint density at radius 3 is 1.08 bits per heavy atom. The van der Waals surface area contributed by atoms with Crippen LogP contribution < -0.4 is 0 Å². The van der Waals surface area contributed by atoms with E-state index >= 15 is 0 Å². The van der Waals surface area contributed by atoms with Crippen molar-refractivity contribution in [2.75, 3.05) is 13.2 Å². The van der Waals surface area contributed by atoms with Gasteiger partial charge in [-0.1, -0.05) is 234 Å². The molecule has 0 rings (SSSR count). The first kappa shape index (κ1) is 56.3. The zero-order valence-corrected chi connectivity index (χ0v) is 38.7. The van der Waals surface area contributed by atoms with E-state index in [1.165, 1.54) is 96.3 Å². The van der Waals surface area contributed by atoms with Gasteiger partial charge in [0.05, 0.1) is 0 Å². The van der Waals surface area contributed by atoms with Crippen LogP contribution in [-0.4, -0.2) is 37.2 Å². The van der Waals surface area contributed by atoms with Crippen molar-refractivity contribution >= 4 is 17.9 Å². The van der Waals surface area contributed by atoms with Crippen LogP contribution in [-0.2, 0) is 28.6 Å². The first-order valence-electron chi connectivity index (χ1n) is 24.3. The molecule has 0 radical (unpaired) electrons. The van der Waals surface area contributed by atoms with E-state index in [4.69, 9.17) is 14.2 Å². The van der Waals surface area contributed by atoms with Gasteiger partial charge in [-0.05, 0) is 51.4 Å². The Bertz CT molecular complexity index is 1230. The van der Waals surface area contributed by atoms with Crippen LogP contribution in [0.25, 0.3) is 0 Å². The number of ether oxygens (including phenoxy) is 3. The molecule has 0 spiro atoms. The van der Waals surface area contributed by atoms with Gasteiger partial charge in [0.15, 0.2) is 6.10 Å². The Labute approximate surface area is 368 Å². The van der Waals surface area contributed by atoms with Crippen molar-refractivity contribution in [3.63, 3.8) is 0 Å². The molecule has 0 bridgehead atoms. The summed E-state index contributed by atoms with van der Waals surface area (Å²) >= 11 is 0. The lowest BCUT2D eigenvalue weighted by Gasteiger charge is -2.18. The average molecular weight is 833 g/mol. The van der Waals surface area contributed by atoms with Gasteiger partial charge < -0.3 is 14.2 Å². The van der Waals surface area contributed by atoms with Crippen molar-refractivity contribution in [1.82, 2.24) is 0 Å². The third-order valence-corrected chi connectivity index (χ3v) is 10.0. The Balaban J connectivity index is 4.50. The Morgan fingerprint density at radius 2 is 0.667 bits per heavy atom. The summed E-state index contributed by atoms with van der Waals surface area (Å²) in [5, 5.41) is 0. The largest absolute Gasteiger partial charge is 0.462 e. The molecule has 6 heteroatoms. The molecule has 0 saturated carbocycles. The number of allylic oxidation sites excluding steroid dienone is 16. The second kappa shape index (κ2) is 48.0. The molecule has 0 heterocycles. The summed E-state index contributed by atoms with van der Waals surface area (Å²) in [5.41, 5.74) is 0. The van der Waals surface area contributed by atoms with Gasteiger partial charge in [0.25, 0.3) is 0 Å². The molecule has 0 aliphatic carbocycles. The van der Waals surface area contributed by atoms with Crippen molar-refractivity contribution in [1.29, 1.82) is 0 Å². The molecular formula is C54H88O6. The molecule has 60 heavy (non-hydrogen) atoms. The summed E-state index contributed by atoms with van der Waals surface area (Å²) < 4.78 is 16.7. The maximum atomic E-state index is 12.8. The Kier molecular flexibility index (Phi) is 45.1. The van der Waals surface area contributed by atoms with E-state index in [0.717, 1.165) is 64.2 Å². The molecule has 6 nitrogen and oxygen atoms in total. The number of carbonyl (C=O) groups is 3. The van der Waals surface area contributed by atoms with Crippen molar-refractivity contribution in [3.05, 3.63) is 97.2 Å². The van der Waals surface area contributed by atoms with Gasteiger partial charge in [-0.3, -0.25) is 14.4 Å². The van der Waals surface area contributed by atoms with E-state index in [1.807, 2.05) is 54.7 Å². The van der Waals surface area contributed by atoms with Crippen molar-refractivity contribution < 1.29 is 28.6 Å². The fourth-order valence-corrected chi connectivity index (χ4v) is 6.41. The SMILES string of the molecule is CC/C=C/C=C/C=C/C=C/C=C/CCCC(=O)OCC(COC(=O)CCCCCCCCC/C=C/C=C/C=C/CC)OC(=O)CCCCCCCCCCCCCCCC. The van der Waals surface area contributed by atoms with Gasteiger partial charge in [0, 0.05) is 19.3 Å². The summed E-state index contributed by atoms with van der Waals surface area (Å²) in [6.07, 6.45) is 62.5. The average Bonchev–Trinajstić information content (AvgIpc) is 3.24. The molecule has 0 aromatic carbocycles. The van der Waals surface area contributed by atoms with Crippen LogP contribution in [0.4, 0.5) is 0 Å². The van der Waals surface area contributed by atoms with Crippen molar-refractivity contribution in [3.8, 4) is 0 Å². The molecule has 0 fully saturated rings. The predicted octanol–water partition coefficient (Wildman–Crippen LogP) is 15.8. The number of rotatable bonds is 42. The second-order valence-corrected chi connectivity index (χ2v) is 15.8. The lowest BCUT2D eigenvalue weighted by atomic mass is 10.0. The molecule has 0 N–H and O–H groups in total. The zero-order valence-electron chi connectivity index (χ0n) is 38.7. The van der Waals surface area contributed by atoms with Crippen LogP contribution >= 0.6 is 0 Å². The summed E-state index contributed by atoms with van der Waals surface area (Å²) in [6, 6.07) is 0. The highest BCUT2D eigenvalue weighted by Crippen LogP contribution is 2.15. The highest BCUT2D eigenvalue weighted by atomic mass is 16.6. The van der Waals surface area contributed by atoms with E-state index < -0.39 is 6.10 Å². The molecule has 0 aliphatic rings. The fraction of sp³-hybridized carbons (Fsp3) is 0.648. The molecule has 0 aromatic rings. The minimum absolute atomic E-state index is 0.106. The highest BCUT2D eigenvalue weighted by Gasteiger charge is 2.19. The maximum Gasteiger partial charge on any atom is 0.306 e. The maximum absolute atomic E-state index is 12.8. The van der Waals surface area contributed by atoms with Crippen LogP contribution in [0.3, 0.4) is 0 Å². The summed E-state index contributed by atoms with van der Waals surface area (Å²) in [6.45, 7) is 6.28. The van der Waals surface area contributed by atoms with Gasteiger partial charge in [-0.15, -0.1) is 0 Å². The third kappa shape index (κ3) is 45.4. The lowest BCUT2D eigenvalue weighted by Crippen LogP contribution is -2.30. The van der Waals surface area contributed by atoms with Crippen molar-refractivity contribution in [2.45, 2.75) is 213 Å². The van der Waals surface area contributed by atoms with E-state index in [1.54, 1.807) is 0 Å². The van der Waals surface area contributed by atoms with Crippen LogP contribution in [0.1, 0.15) is 207 Å². The van der Waals surface area contributed by atoms with Gasteiger partial charge in [0.2, 0.25) is 0 Å². The van der Waals surface area contributed by atoms with E-state index in [-0.39, 0.29) is 37.5 Å². The molecule has 0 aromatic heterocycles. The van der Waals surface area contributed by atoms with E-state index in [9.17, 15) is 14.4 Å². The van der Waals surface area contributed by atoms with Gasteiger partial charge in [0.1, 0.15) is 13.2 Å². The monoisotopic (exact) mass is 833 g/mol. The van der Waals surface area contributed by atoms with Crippen molar-refractivity contribution in [2.24, 2.45) is 0 Å². The number of hydrogen-bond acceptors (Lipinski definition) is 6. The van der Waals surface area contributed by atoms with Crippen LogP contribution in [0, 0.1) is 0 Å². The number of carbonyl (C=O) groups excluding carboxylic acids is 3. The molecule has 0 aliphatic heterocycles.